The Kier molecular flexibility index (Phi) is 6.42. The number of ether oxygens (including phenoxy) is 1. The number of nitrogens with two attached hydrogens (primary N) is 1. The molecule has 18 heavy (non-hydrogen) atoms. The second-order valence-electron chi connectivity index (χ2n) is 3.65. The van der Waals surface area contributed by atoms with Gasteiger partial charge in [-0.2, -0.15) is 13.2 Å². The molecule has 0 saturated carbocycles. The number of hydrogen-bond donors (Lipinski definition) is 1. The van der Waals surface area contributed by atoms with Gasteiger partial charge in [-0.15, -0.1) is 12.4 Å². The number of benzene rings is 1. The highest BCUT2D eigenvalue weighted by molar-refractivity contribution is 5.85. The first kappa shape index (κ1) is 17.0. The second-order valence-corrected chi connectivity index (χ2v) is 3.65. The van der Waals surface area contributed by atoms with Crippen LogP contribution in [0.2, 0.25) is 0 Å². The van der Waals surface area contributed by atoms with Crippen LogP contribution in [-0.2, 0) is 0 Å². The molecule has 1 rings (SSSR count). The average Bonchev–Trinajstić information content (AvgIpc) is 2.25. The number of rotatable bonds is 4. The van der Waals surface area contributed by atoms with Crippen LogP contribution in [0.1, 0.15) is 24.4 Å². The fraction of sp³-hybridized carbons (Fsp3) is 0.455. The zero-order valence-electron chi connectivity index (χ0n) is 9.63. The summed E-state index contributed by atoms with van der Waals surface area (Å²) in [6, 6.07) is 2.83. The van der Waals surface area contributed by atoms with E-state index >= 15 is 0 Å². The molecule has 0 bridgehead atoms. The molecule has 0 aromatic heterocycles. The van der Waals surface area contributed by atoms with Crippen molar-refractivity contribution in [2.45, 2.75) is 25.1 Å². The maximum Gasteiger partial charge on any atom is 0.389 e. The normalized spacial score (nSPS) is 12.8. The predicted molar refractivity (Wildman–Crippen MR) is 62.4 cm³/mol. The molecule has 0 radical (unpaired) electrons. The van der Waals surface area contributed by atoms with Gasteiger partial charge in [-0.05, 0) is 24.6 Å². The van der Waals surface area contributed by atoms with Crippen molar-refractivity contribution >= 4 is 12.4 Å². The van der Waals surface area contributed by atoms with E-state index in [0.29, 0.717) is 5.75 Å². The number of halogens is 5. The van der Waals surface area contributed by atoms with Gasteiger partial charge in [-0.3, -0.25) is 0 Å². The van der Waals surface area contributed by atoms with E-state index in [1.165, 1.54) is 19.2 Å². The van der Waals surface area contributed by atoms with E-state index in [0.717, 1.165) is 6.07 Å². The molecule has 2 N–H and O–H groups in total. The molecule has 0 saturated heterocycles. The zero-order chi connectivity index (χ0) is 13.1. The van der Waals surface area contributed by atoms with E-state index in [9.17, 15) is 17.6 Å². The van der Waals surface area contributed by atoms with E-state index < -0.39 is 24.5 Å². The first-order valence-electron chi connectivity index (χ1n) is 4.99. The summed E-state index contributed by atoms with van der Waals surface area (Å²) in [7, 11) is 1.39. The van der Waals surface area contributed by atoms with Crippen LogP contribution in [0.25, 0.3) is 0 Å². The molecular weight excluding hydrogens is 274 g/mol. The van der Waals surface area contributed by atoms with Crippen LogP contribution in [0.4, 0.5) is 17.6 Å². The molecule has 1 aromatic rings. The first-order chi connectivity index (χ1) is 7.83. The van der Waals surface area contributed by atoms with Gasteiger partial charge in [0.15, 0.2) is 0 Å². The quantitative estimate of drug-likeness (QED) is 0.859. The largest absolute Gasteiger partial charge is 0.497 e. The molecule has 0 aliphatic carbocycles. The van der Waals surface area contributed by atoms with Crippen molar-refractivity contribution in [3.63, 3.8) is 0 Å². The lowest BCUT2D eigenvalue weighted by Gasteiger charge is -2.15. The molecule has 0 aliphatic heterocycles. The van der Waals surface area contributed by atoms with Crippen LogP contribution in [0, 0.1) is 5.82 Å². The van der Waals surface area contributed by atoms with E-state index in [4.69, 9.17) is 10.5 Å². The van der Waals surface area contributed by atoms with Crippen molar-refractivity contribution in [1.82, 2.24) is 0 Å². The van der Waals surface area contributed by atoms with Gasteiger partial charge in [0.05, 0.1) is 7.11 Å². The Morgan fingerprint density at radius 3 is 2.44 bits per heavy atom. The summed E-state index contributed by atoms with van der Waals surface area (Å²) in [5.74, 6) is -0.260. The highest BCUT2D eigenvalue weighted by atomic mass is 35.5. The van der Waals surface area contributed by atoms with Gasteiger partial charge in [0.25, 0.3) is 0 Å². The van der Waals surface area contributed by atoms with Crippen molar-refractivity contribution < 1.29 is 22.3 Å². The predicted octanol–water partition coefficient (Wildman–Crippen LogP) is 3.60. The molecule has 0 spiro atoms. The fourth-order valence-electron chi connectivity index (χ4n) is 1.41. The minimum atomic E-state index is -4.28. The molecule has 7 heteroatoms. The molecule has 0 amide bonds. The Morgan fingerprint density at radius 1 is 1.33 bits per heavy atom. The van der Waals surface area contributed by atoms with Crippen LogP contribution in [-0.4, -0.2) is 13.3 Å². The summed E-state index contributed by atoms with van der Waals surface area (Å²) in [4.78, 5) is 0. The van der Waals surface area contributed by atoms with Crippen molar-refractivity contribution in [3.05, 3.63) is 29.6 Å². The maximum atomic E-state index is 13.4. The third-order valence-corrected chi connectivity index (χ3v) is 2.34. The highest BCUT2D eigenvalue weighted by Crippen LogP contribution is 2.28. The standard InChI is InChI=1S/C11H13F4NO.ClH/c1-17-7-2-3-9(12)8(6-7)10(16)4-5-11(13,14)15;/h2-3,6,10H,4-5,16H2,1H3;1H/t10-;/m1./s1. The number of hydrogen-bond acceptors (Lipinski definition) is 2. The Balaban J connectivity index is 0.00000289. The summed E-state index contributed by atoms with van der Waals surface area (Å²) < 4.78 is 54.2. The van der Waals surface area contributed by atoms with E-state index in [1.807, 2.05) is 0 Å². The van der Waals surface area contributed by atoms with E-state index in [2.05, 4.69) is 0 Å². The lowest BCUT2D eigenvalue weighted by atomic mass is 10.0. The molecular formula is C11H14ClF4NO. The van der Waals surface area contributed by atoms with Crippen molar-refractivity contribution in [2.24, 2.45) is 5.73 Å². The second kappa shape index (κ2) is 6.80. The molecule has 0 aliphatic rings. The minimum absolute atomic E-state index is 0. The van der Waals surface area contributed by atoms with Crippen LogP contribution in [0.15, 0.2) is 18.2 Å². The van der Waals surface area contributed by atoms with Gasteiger partial charge >= 0.3 is 6.18 Å². The Bertz CT molecular complexity index is 384. The molecule has 0 heterocycles. The lowest BCUT2D eigenvalue weighted by Crippen LogP contribution is -2.17. The van der Waals surface area contributed by atoms with Crippen molar-refractivity contribution in [2.75, 3.05) is 7.11 Å². The summed E-state index contributed by atoms with van der Waals surface area (Å²) in [6.07, 6.45) is -5.68. The highest BCUT2D eigenvalue weighted by Gasteiger charge is 2.28. The topological polar surface area (TPSA) is 35.2 Å². The summed E-state index contributed by atoms with van der Waals surface area (Å²) in [5, 5.41) is 0. The van der Waals surface area contributed by atoms with Gasteiger partial charge in [0, 0.05) is 18.0 Å². The third kappa shape index (κ3) is 5.10. The molecule has 0 fully saturated rings. The van der Waals surface area contributed by atoms with Crippen LogP contribution in [0.3, 0.4) is 0 Å². The zero-order valence-corrected chi connectivity index (χ0v) is 10.4. The SMILES string of the molecule is COc1ccc(F)c([C@H](N)CCC(F)(F)F)c1.Cl. The van der Waals surface area contributed by atoms with Gasteiger partial charge in [0.1, 0.15) is 11.6 Å². The molecule has 1 atom stereocenters. The number of alkyl halides is 3. The lowest BCUT2D eigenvalue weighted by molar-refractivity contribution is -0.136. The summed E-state index contributed by atoms with van der Waals surface area (Å²) in [6.45, 7) is 0. The number of methoxy groups -OCH3 is 1. The van der Waals surface area contributed by atoms with Crippen molar-refractivity contribution in [1.29, 1.82) is 0 Å². The van der Waals surface area contributed by atoms with Crippen LogP contribution in [0.5, 0.6) is 5.75 Å². The van der Waals surface area contributed by atoms with E-state index in [1.54, 1.807) is 0 Å². The third-order valence-electron chi connectivity index (χ3n) is 2.34. The molecule has 2 nitrogen and oxygen atoms in total. The summed E-state index contributed by atoms with van der Waals surface area (Å²) >= 11 is 0. The van der Waals surface area contributed by atoms with Crippen LogP contribution < -0.4 is 10.5 Å². The monoisotopic (exact) mass is 287 g/mol. The average molecular weight is 288 g/mol. The van der Waals surface area contributed by atoms with Gasteiger partial charge in [-0.25, -0.2) is 4.39 Å². The van der Waals surface area contributed by atoms with Crippen LogP contribution >= 0.6 is 12.4 Å². The Hall–Kier alpha value is -1.01. The first-order valence-corrected chi connectivity index (χ1v) is 4.99. The smallest absolute Gasteiger partial charge is 0.389 e. The summed E-state index contributed by atoms with van der Waals surface area (Å²) in [5.41, 5.74) is 5.57. The fourth-order valence-corrected chi connectivity index (χ4v) is 1.41. The minimum Gasteiger partial charge on any atom is -0.497 e. The van der Waals surface area contributed by atoms with E-state index in [-0.39, 0.29) is 24.4 Å². The Morgan fingerprint density at radius 2 is 1.94 bits per heavy atom. The molecule has 1 aromatic carbocycles. The van der Waals surface area contributed by atoms with Crippen molar-refractivity contribution in [3.8, 4) is 5.75 Å². The van der Waals surface area contributed by atoms with Gasteiger partial charge < -0.3 is 10.5 Å². The molecule has 0 unspecified atom stereocenters. The van der Waals surface area contributed by atoms with Gasteiger partial charge in [0.2, 0.25) is 0 Å². The molecule has 104 valence electrons. The van der Waals surface area contributed by atoms with Gasteiger partial charge in [-0.1, -0.05) is 0 Å². The Labute approximate surface area is 109 Å². The maximum absolute atomic E-state index is 13.4.